The number of rotatable bonds is 5. The van der Waals surface area contributed by atoms with Crippen LogP contribution in [0.3, 0.4) is 0 Å². The van der Waals surface area contributed by atoms with Crippen molar-refractivity contribution < 1.29 is 9.53 Å². The van der Waals surface area contributed by atoms with Crippen LogP contribution in [-0.4, -0.2) is 12.1 Å². The van der Waals surface area contributed by atoms with Crippen molar-refractivity contribution >= 4 is 5.97 Å². The summed E-state index contributed by atoms with van der Waals surface area (Å²) in [4.78, 5) is 11.0. The minimum absolute atomic E-state index is 0.00763. The molecule has 1 aliphatic heterocycles. The van der Waals surface area contributed by atoms with Crippen LogP contribution < -0.4 is 0 Å². The largest absolute Gasteiger partial charge is 0.462 e. The highest BCUT2D eigenvalue weighted by molar-refractivity contribution is 5.71. The van der Waals surface area contributed by atoms with Crippen LogP contribution in [0.1, 0.15) is 51.4 Å². The SMILES string of the molecule is O=C1CCC(CCCCC2CC3C=CC2C3)O1. The molecule has 4 atom stereocenters. The highest BCUT2D eigenvalue weighted by Crippen LogP contribution is 2.45. The topological polar surface area (TPSA) is 26.3 Å². The summed E-state index contributed by atoms with van der Waals surface area (Å²) < 4.78 is 5.23. The predicted octanol–water partition coefficient (Wildman–Crippen LogP) is 3.46. The van der Waals surface area contributed by atoms with Crippen molar-refractivity contribution in [3.8, 4) is 0 Å². The zero-order valence-corrected chi connectivity index (χ0v) is 10.4. The Morgan fingerprint density at radius 1 is 1.18 bits per heavy atom. The molecule has 0 radical (unpaired) electrons. The Morgan fingerprint density at radius 3 is 2.71 bits per heavy atom. The van der Waals surface area contributed by atoms with Crippen molar-refractivity contribution in [3.63, 3.8) is 0 Å². The number of cyclic esters (lactones) is 1. The molecule has 1 heterocycles. The minimum Gasteiger partial charge on any atom is -0.462 e. The Morgan fingerprint density at radius 2 is 2.06 bits per heavy atom. The van der Waals surface area contributed by atoms with Gasteiger partial charge in [0, 0.05) is 6.42 Å². The van der Waals surface area contributed by atoms with Gasteiger partial charge in [0.15, 0.2) is 0 Å². The fourth-order valence-corrected chi connectivity index (χ4v) is 3.79. The third-order valence-electron chi connectivity index (χ3n) is 4.74. The minimum atomic E-state index is 0.00763. The number of esters is 1. The van der Waals surface area contributed by atoms with Crippen molar-refractivity contribution in [2.75, 3.05) is 0 Å². The van der Waals surface area contributed by atoms with E-state index in [2.05, 4.69) is 12.2 Å². The standard InChI is InChI=1S/C15H22O2/c16-15-8-7-14(17-15)4-2-1-3-12-9-11-5-6-13(12)10-11/h5-6,11-14H,1-4,7-10H2. The molecule has 0 aromatic heterocycles. The maximum absolute atomic E-state index is 11.0. The fraction of sp³-hybridized carbons (Fsp3) is 0.800. The van der Waals surface area contributed by atoms with Crippen LogP contribution in [0, 0.1) is 17.8 Å². The Labute approximate surface area is 103 Å². The summed E-state index contributed by atoms with van der Waals surface area (Å²) in [5, 5.41) is 0. The molecule has 0 spiro atoms. The van der Waals surface area contributed by atoms with Crippen molar-refractivity contribution in [2.24, 2.45) is 17.8 Å². The van der Waals surface area contributed by atoms with Gasteiger partial charge in [-0.25, -0.2) is 0 Å². The lowest BCUT2D eigenvalue weighted by molar-refractivity contribution is -0.141. The molecule has 94 valence electrons. The Balaban J connectivity index is 1.31. The first kappa shape index (κ1) is 11.3. The van der Waals surface area contributed by atoms with Gasteiger partial charge in [0.1, 0.15) is 6.10 Å². The van der Waals surface area contributed by atoms with Gasteiger partial charge in [0.05, 0.1) is 0 Å². The summed E-state index contributed by atoms with van der Waals surface area (Å²) in [6, 6.07) is 0. The number of carbonyl (C=O) groups excluding carboxylic acids is 1. The second-order valence-corrected chi connectivity index (χ2v) is 5.98. The molecule has 4 unspecified atom stereocenters. The van der Waals surface area contributed by atoms with Crippen LogP contribution in [0.15, 0.2) is 12.2 Å². The Kier molecular flexibility index (Phi) is 3.21. The fourth-order valence-electron chi connectivity index (χ4n) is 3.79. The molecular weight excluding hydrogens is 212 g/mol. The average Bonchev–Trinajstić information content (AvgIpc) is 3.00. The highest BCUT2D eigenvalue weighted by atomic mass is 16.5. The van der Waals surface area contributed by atoms with Gasteiger partial charge in [-0.1, -0.05) is 18.6 Å². The Bertz CT molecular complexity index is 321. The van der Waals surface area contributed by atoms with E-state index in [1.54, 1.807) is 0 Å². The molecule has 17 heavy (non-hydrogen) atoms. The first-order valence-corrected chi connectivity index (χ1v) is 7.19. The lowest BCUT2D eigenvalue weighted by Gasteiger charge is -2.18. The summed E-state index contributed by atoms with van der Waals surface area (Å²) >= 11 is 0. The molecule has 2 bridgehead atoms. The predicted molar refractivity (Wildman–Crippen MR) is 66.4 cm³/mol. The molecule has 2 fully saturated rings. The van der Waals surface area contributed by atoms with Crippen molar-refractivity contribution in [1.82, 2.24) is 0 Å². The third kappa shape index (κ3) is 2.56. The number of ether oxygens (including phenoxy) is 1. The molecule has 2 nitrogen and oxygen atoms in total. The van der Waals surface area contributed by atoms with Gasteiger partial charge in [-0.2, -0.15) is 0 Å². The normalized spacial score (nSPS) is 38.9. The van der Waals surface area contributed by atoms with Gasteiger partial charge in [-0.05, 0) is 56.3 Å². The van der Waals surface area contributed by atoms with Gasteiger partial charge in [-0.3, -0.25) is 4.79 Å². The van der Waals surface area contributed by atoms with Crippen molar-refractivity contribution in [3.05, 3.63) is 12.2 Å². The van der Waals surface area contributed by atoms with Crippen molar-refractivity contribution in [1.29, 1.82) is 0 Å². The van der Waals surface area contributed by atoms with Crippen LogP contribution in [-0.2, 0) is 9.53 Å². The molecule has 0 N–H and O–H groups in total. The van der Waals surface area contributed by atoms with Crippen LogP contribution in [0.2, 0.25) is 0 Å². The summed E-state index contributed by atoms with van der Waals surface area (Å²) in [6.07, 6.45) is 14.6. The lowest BCUT2D eigenvalue weighted by Crippen LogP contribution is -2.09. The number of unbranched alkanes of at least 4 members (excludes halogenated alkanes) is 1. The summed E-state index contributed by atoms with van der Waals surface area (Å²) in [5.74, 6) is 2.76. The molecular formula is C15H22O2. The van der Waals surface area contributed by atoms with Crippen LogP contribution >= 0.6 is 0 Å². The lowest BCUT2D eigenvalue weighted by atomic mass is 9.88. The molecule has 3 rings (SSSR count). The van der Waals surface area contributed by atoms with Gasteiger partial charge in [0.25, 0.3) is 0 Å². The van der Waals surface area contributed by atoms with E-state index < -0.39 is 0 Å². The number of allylic oxidation sites excluding steroid dienone is 2. The quantitative estimate of drug-likeness (QED) is 0.413. The molecule has 2 heteroatoms. The van der Waals surface area contributed by atoms with Crippen molar-refractivity contribution in [2.45, 2.75) is 57.5 Å². The summed E-state index contributed by atoms with van der Waals surface area (Å²) in [5.41, 5.74) is 0. The smallest absolute Gasteiger partial charge is 0.306 e. The molecule has 0 aromatic carbocycles. The summed E-state index contributed by atoms with van der Waals surface area (Å²) in [7, 11) is 0. The van der Waals surface area contributed by atoms with E-state index in [0.717, 1.165) is 30.6 Å². The number of hydrogen-bond acceptors (Lipinski definition) is 2. The van der Waals surface area contributed by atoms with Gasteiger partial charge >= 0.3 is 5.97 Å². The monoisotopic (exact) mass is 234 g/mol. The van der Waals surface area contributed by atoms with Crippen LogP contribution in [0.25, 0.3) is 0 Å². The second kappa shape index (κ2) is 4.83. The second-order valence-electron chi connectivity index (χ2n) is 5.98. The first-order chi connectivity index (χ1) is 8.31. The van der Waals surface area contributed by atoms with E-state index in [1.807, 2.05) is 0 Å². The Hall–Kier alpha value is -0.790. The number of carbonyl (C=O) groups is 1. The number of hydrogen-bond donors (Lipinski definition) is 0. The maximum atomic E-state index is 11.0. The average molecular weight is 234 g/mol. The molecule has 2 aliphatic carbocycles. The van der Waals surface area contributed by atoms with Crippen LogP contribution in [0.4, 0.5) is 0 Å². The van der Waals surface area contributed by atoms with Gasteiger partial charge in [-0.15, -0.1) is 0 Å². The third-order valence-corrected chi connectivity index (χ3v) is 4.74. The van der Waals surface area contributed by atoms with E-state index in [9.17, 15) is 4.79 Å². The van der Waals surface area contributed by atoms with E-state index in [0.29, 0.717) is 6.42 Å². The zero-order chi connectivity index (χ0) is 11.7. The molecule has 0 amide bonds. The zero-order valence-electron chi connectivity index (χ0n) is 10.4. The summed E-state index contributed by atoms with van der Waals surface area (Å²) in [6.45, 7) is 0. The maximum Gasteiger partial charge on any atom is 0.306 e. The van der Waals surface area contributed by atoms with E-state index in [1.165, 1.54) is 32.1 Å². The van der Waals surface area contributed by atoms with E-state index in [-0.39, 0.29) is 12.1 Å². The molecule has 0 aromatic rings. The van der Waals surface area contributed by atoms with Gasteiger partial charge in [0.2, 0.25) is 0 Å². The van der Waals surface area contributed by atoms with Crippen LogP contribution in [0.5, 0.6) is 0 Å². The molecule has 1 saturated carbocycles. The highest BCUT2D eigenvalue weighted by Gasteiger charge is 2.34. The molecule has 3 aliphatic rings. The number of fused-ring (bicyclic) bond motifs is 2. The van der Waals surface area contributed by atoms with E-state index in [4.69, 9.17) is 4.74 Å². The van der Waals surface area contributed by atoms with E-state index >= 15 is 0 Å². The first-order valence-electron chi connectivity index (χ1n) is 7.19. The van der Waals surface area contributed by atoms with Gasteiger partial charge < -0.3 is 4.74 Å². The molecule has 1 saturated heterocycles.